The number of esters is 1. The molecule has 0 heterocycles. The molecule has 3 N–H and O–H groups in total. The molecule has 67 heavy (non-hydrogen) atoms. The number of unbranched alkanes of at least 4 members (excludes halogenated alkanes) is 44. The summed E-state index contributed by atoms with van der Waals surface area (Å²) in [5.41, 5.74) is 0. The predicted molar refractivity (Wildman–Crippen MR) is 292 cm³/mol. The fourth-order valence-corrected chi connectivity index (χ4v) is 9.64. The Kier molecular flexibility index (Phi) is 56.0. The van der Waals surface area contributed by atoms with E-state index >= 15 is 0 Å². The van der Waals surface area contributed by atoms with E-state index in [-0.39, 0.29) is 18.5 Å². The molecule has 0 aromatic heterocycles. The summed E-state index contributed by atoms with van der Waals surface area (Å²) in [7, 11) is 0. The van der Waals surface area contributed by atoms with E-state index in [1.807, 2.05) is 0 Å². The van der Waals surface area contributed by atoms with Crippen LogP contribution in [0.15, 0.2) is 12.2 Å². The summed E-state index contributed by atoms with van der Waals surface area (Å²) in [6.07, 6.45) is 68.0. The van der Waals surface area contributed by atoms with Gasteiger partial charge in [-0.2, -0.15) is 0 Å². The van der Waals surface area contributed by atoms with Gasteiger partial charge in [0.2, 0.25) is 5.91 Å². The molecule has 0 saturated heterocycles. The number of hydrogen-bond acceptors (Lipinski definition) is 5. The largest absolute Gasteiger partial charge is 0.466 e. The van der Waals surface area contributed by atoms with Crippen LogP contribution in [0.2, 0.25) is 0 Å². The SMILES string of the molecule is CCCCC/C=C\CCCCCCCC(=O)OCCCCCCCCCCCCCCCCCCCCCCCCCCCCCC(=O)NC(CO)C(O)CCCCCCCCCCCCC. The van der Waals surface area contributed by atoms with Gasteiger partial charge in [-0.3, -0.25) is 9.59 Å². The van der Waals surface area contributed by atoms with Gasteiger partial charge in [-0.15, -0.1) is 0 Å². The van der Waals surface area contributed by atoms with Gasteiger partial charge < -0.3 is 20.3 Å². The lowest BCUT2D eigenvalue weighted by Crippen LogP contribution is -2.45. The zero-order valence-electron chi connectivity index (χ0n) is 45.4. The minimum Gasteiger partial charge on any atom is -0.466 e. The summed E-state index contributed by atoms with van der Waals surface area (Å²) in [4.78, 5) is 24.4. The van der Waals surface area contributed by atoms with Crippen LogP contribution in [-0.2, 0) is 14.3 Å². The van der Waals surface area contributed by atoms with Crippen molar-refractivity contribution in [2.45, 2.75) is 353 Å². The third-order valence-electron chi connectivity index (χ3n) is 14.3. The molecule has 0 spiro atoms. The highest BCUT2D eigenvalue weighted by Crippen LogP contribution is 2.18. The fourth-order valence-electron chi connectivity index (χ4n) is 9.64. The molecule has 1 amide bonds. The maximum Gasteiger partial charge on any atom is 0.305 e. The van der Waals surface area contributed by atoms with Crippen molar-refractivity contribution < 1.29 is 24.5 Å². The third-order valence-corrected chi connectivity index (χ3v) is 14.3. The predicted octanol–water partition coefficient (Wildman–Crippen LogP) is 18.9. The molecule has 0 aromatic carbocycles. The first kappa shape index (κ1) is 65.6. The van der Waals surface area contributed by atoms with Crippen LogP contribution in [0.25, 0.3) is 0 Å². The van der Waals surface area contributed by atoms with Crippen LogP contribution < -0.4 is 5.32 Å². The Morgan fingerprint density at radius 1 is 0.403 bits per heavy atom. The van der Waals surface area contributed by atoms with Crippen LogP contribution in [0.1, 0.15) is 341 Å². The Morgan fingerprint density at radius 3 is 1.09 bits per heavy atom. The van der Waals surface area contributed by atoms with Gasteiger partial charge in [-0.1, -0.05) is 289 Å². The van der Waals surface area contributed by atoms with Crippen molar-refractivity contribution in [1.29, 1.82) is 0 Å². The van der Waals surface area contributed by atoms with Crippen LogP contribution in [0.5, 0.6) is 0 Å². The van der Waals surface area contributed by atoms with Gasteiger partial charge in [0.1, 0.15) is 0 Å². The Hall–Kier alpha value is -1.40. The highest BCUT2D eigenvalue weighted by molar-refractivity contribution is 5.76. The first-order chi connectivity index (χ1) is 33.0. The fraction of sp³-hybridized carbons (Fsp3) is 0.934. The molecule has 0 radical (unpaired) electrons. The molecule has 2 atom stereocenters. The molecule has 6 heteroatoms. The second-order valence-corrected chi connectivity index (χ2v) is 21.0. The van der Waals surface area contributed by atoms with E-state index in [4.69, 9.17) is 4.74 Å². The first-order valence-corrected chi connectivity index (χ1v) is 30.4. The number of ether oxygens (including phenoxy) is 1. The first-order valence-electron chi connectivity index (χ1n) is 30.4. The maximum absolute atomic E-state index is 12.4. The molecule has 6 nitrogen and oxygen atoms in total. The quantitative estimate of drug-likeness (QED) is 0.0321. The van der Waals surface area contributed by atoms with Gasteiger partial charge >= 0.3 is 5.97 Å². The summed E-state index contributed by atoms with van der Waals surface area (Å²) in [6, 6.07) is -0.537. The Morgan fingerprint density at radius 2 is 0.701 bits per heavy atom. The minimum atomic E-state index is -0.660. The van der Waals surface area contributed by atoms with Crippen molar-refractivity contribution in [3.63, 3.8) is 0 Å². The van der Waals surface area contributed by atoms with Crippen molar-refractivity contribution >= 4 is 11.9 Å². The van der Waals surface area contributed by atoms with E-state index in [1.165, 1.54) is 263 Å². The third kappa shape index (κ3) is 53.8. The lowest BCUT2D eigenvalue weighted by atomic mass is 10.0. The van der Waals surface area contributed by atoms with Gasteiger partial charge in [0.25, 0.3) is 0 Å². The summed E-state index contributed by atoms with van der Waals surface area (Å²) in [6.45, 7) is 4.94. The van der Waals surface area contributed by atoms with Crippen LogP contribution >= 0.6 is 0 Å². The molecule has 0 rings (SSSR count). The standard InChI is InChI=1S/C61H119NO5/c1-3-5-7-9-11-13-15-35-39-43-47-51-55-61(66)67-56-52-48-44-40-36-32-30-28-26-24-22-20-18-16-17-19-21-23-25-27-29-31-34-38-42-46-50-54-60(65)62-58(57-63)59(64)53-49-45-41-37-33-14-12-10-8-6-4-2/h11,13,58-59,63-64H,3-10,12,14-57H2,1-2H3,(H,62,65)/b13-11-. The molecule has 0 fully saturated rings. The smallest absolute Gasteiger partial charge is 0.305 e. The number of nitrogens with one attached hydrogen (secondary N) is 1. The number of carbonyl (C=O) groups excluding carboxylic acids is 2. The number of aliphatic hydroxyl groups excluding tert-OH is 2. The van der Waals surface area contributed by atoms with Crippen molar-refractivity contribution in [1.82, 2.24) is 5.32 Å². The van der Waals surface area contributed by atoms with Gasteiger partial charge in [0, 0.05) is 12.8 Å². The van der Waals surface area contributed by atoms with Gasteiger partial charge in [0.05, 0.1) is 25.4 Å². The summed E-state index contributed by atoms with van der Waals surface area (Å²) < 4.78 is 5.47. The number of amides is 1. The lowest BCUT2D eigenvalue weighted by Gasteiger charge is -2.22. The topological polar surface area (TPSA) is 95.9 Å². The number of carbonyl (C=O) groups is 2. The van der Waals surface area contributed by atoms with Crippen molar-refractivity contribution in [2.75, 3.05) is 13.2 Å². The van der Waals surface area contributed by atoms with Gasteiger partial charge in [-0.05, 0) is 51.4 Å². The van der Waals surface area contributed by atoms with Crippen LogP contribution in [0.4, 0.5) is 0 Å². The molecule has 0 aliphatic carbocycles. The second-order valence-electron chi connectivity index (χ2n) is 21.0. The van der Waals surface area contributed by atoms with Gasteiger partial charge in [-0.25, -0.2) is 0 Å². The number of rotatable bonds is 57. The van der Waals surface area contributed by atoms with E-state index in [2.05, 4.69) is 31.3 Å². The van der Waals surface area contributed by atoms with Crippen LogP contribution in [0.3, 0.4) is 0 Å². The molecule has 0 aromatic rings. The minimum absolute atomic E-state index is 0.00826. The highest BCUT2D eigenvalue weighted by atomic mass is 16.5. The molecule has 398 valence electrons. The number of allylic oxidation sites excluding steroid dienone is 2. The van der Waals surface area contributed by atoms with Crippen LogP contribution in [-0.4, -0.2) is 47.4 Å². The van der Waals surface area contributed by atoms with E-state index in [0.717, 1.165) is 44.9 Å². The molecule has 0 bridgehead atoms. The van der Waals surface area contributed by atoms with Gasteiger partial charge in [0.15, 0.2) is 0 Å². The zero-order chi connectivity index (χ0) is 48.6. The second kappa shape index (κ2) is 57.2. The number of aliphatic hydroxyl groups is 2. The summed E-state index contributed by atoms with van der Waals surface area (Å²) >= 11 is 0. The molecule has 0 aliphatic rings. The average molecular weight is 947 g/mol. The van der Waals surface area contributed by atoms with E-state index in [9.17, 15) is 19.8 Å². The summed E-state index contributed by atoms with van der Waals surface area (Å²) in [5.74, 6) is -0.0236. The Bertz CT molecular complexity index is 1000. The van der Waals surface area contributed by atoms with Crippen molar-refractivity contribution in [2.24, 2.45) is 0 Å². The van der Waals surface area contributed by atoms with E-state index < -0.39 is 12.1 Å². The van der Waals surface area contributed by atoms with Crippen molar-refractivity contribution in [3.8, 4) is 0 Å². The zero-order valence-corrected chi connectivity index (χ0v) is 45.4. The van der Waals surface area contributed by atoms with E-state index in [1.54, 1.807) is 0 Å². The number of hydrogen-bond donors (Lipinski definition) is 3. The molecular weight excluding hydrogens is 827 g/mol. The monoisotopic (exact) mass is 946 g/mol. The van der Waals surface area contributed by atoms with Crippen LogP contribution in [0, 0.1) is 0 Å². The molecule has 0 saturated carbocycles. The van der Waals surface area contributed by atoms with Crippen molar-refractivity contribution in [3.05, 3.63) is 12.2 Å². The lowest BCUT2D eigenvalue weighted by molar-refractivity contribution is -0.143. The Labute approximate surface area is 419 Å². The van der Waals surface area contributed by atoms with E-state index in [0.29, 0.717) is 25.9 Å². The highest BCUT2D eigenvalue weighted by Gasteiger charge is 2.20. The normalized spacial score (nSPS) is 12.6. The average Bonchev–Trinajstić information content (AvgIpc) is 3.33. The summed E-state index contributed by atoms with van der Waals surface area (Å²) in [5, 5.41) is 23.2. The molecular formula is C61H119NO5. The Balaban J connectivity index is 3.32. The molecule has 0 aliphatic heterocycles. The maximum atomic E-state index is 12.4. The molecule has 2 unspecified atom stereocenters.